The van der Waals surface area contributed by atoms with Crippen molar-refractivity contribution >= 4 is 38.2 Å². The number of para-hydroxylation sites is 1. The molecule has 0 spiro atoms. The molecule has 3 N–H and O–H groups in total. The average molecular weight is 313 g/mol. The van der Waals surface area contributed by atoms with Gasteiger partial charge in [-0.25, -0.2) is 0 Å². The maximum atomic E-state index is 11.5. The van der Waals surface area contributed by atoms with Crippen molar-refractivity contribution in [3.63, 3.8) is 0 Å². The van der Waals surface area contributed by atoms with Crippen molar-refractivity contribution < 1.29 is 14.7 Å². The average Bonchev–Trinajstić information content (AvgIpc) is 2.34. The fourth-order valence-corrected chi connectivity index (χ4v) is 1.92. The van der Waals surface area contributed by atoms with Gasteiger partial charge in [0.25, 0.3) is 0 Å². The summed E-state index contributed by atoms with van der Waals surface area (Å²) in [6, 6.07) is 6.81. The SMILES string of the molecule is NC(=O)N(c1ccccc1)C(CCC=[Se])C(=O)O. The number of aliphatic carboxylic acids is 1. The summed E-state index contributed by atoms with van der Waals surface area (Å²) in [4.78, 5) is 25.6. The molecule has 0 radical (unpaired) electrons. The van der Waals surface area contributed by atoms with Gasteiger partial charge in [-0.15, -0.1) is 0 Å². The van der Waals surface area contributed by atoms with Crippen LogP contribution in [0.4, 0.5) is 10.5 Å². The van der Waals surface area contributed by atoms with Crippen LogP contribution < -0.4 is 10.6 Å². The van der Waals surface area contributed by atoms with E-state index in [1.807, 2.05) is 0 Å². The summed E-state index contributed by atoms with van der Waals surface area (Å²) < 4.78 is 0. The molecule has 1 rings (SSSR count). The number of hydrogen-bond donors (Lipinski definition) is 2. The predicted molar refractivity (Wildman–Crippen MR) is 71.0 cm³/mol. The van der Waals surface area contributed by atoms with Crippen molar-refractivity contribution in [1.29, 1.82) is 0 Å². The Morgan fingerprint density at radius 1 is 1.39 bits per heavy atom. The first kappa shape index (κ1) is 14.4. The number of benzene rings is 1. The first-order valence-corrected chi connectivity index (χ1v) is 6.37. The third-order valence-electron chi connectivity index (χ3n) is 2.43. The van der Waals surface area contributed by atoms with Crippen LogP contribution in [0.5, 0.6) is 0 Å². The van der Waals surface area contributed by atoms with Crippen molar-refractivity contribution in [2.75, 3.05) is 4.90 Å². The Morgan fingerprint density at radius 3 is 2.44 bits per heavy atom. The number of amides is 2. The monoisotopic (exact) mass is 314 g/mol. The van der Waals surface area contributed by atoms with Gasteiger partial charge in [-0.05, 0) is 0 Å². The number of hydrogen-bond acceptors (Lipinski definition) is 2. The molecule has 1 atom stereocenters. The molecule has 2 amide bonds. The molecule has 5 nitrogen and oxygen atoms in total. The van der Waals surface area contributed by atoms with E-state index in [1.54, 1.807) is 35.3 Å². The molecule has 0 aromatic heterocycles. The molecular weight excluding hydrogens is 299 g/mol. The molecule has 1 aromatic carbocycles. The van der Waals surface area contributed by atoms with E-state index in [1.165, 1.54) is 0 Å². The molecule has 0 saturated carbocycles. The Bertz CT molecular complexity index is 436. The molecule has 0 heterocycles. The summed E-state index contributed by atoms with van der Waals surface area (Å²) >= 11 is 2.69. The van der Waals surface area contributed by atoms with Crippen molar-refractivity contribution in [2.24, 2.45) is 5.73 Å². The van der Waals surface area contributed by atoms with E-state index >= 15 is 0 Å². The number of anilines is 1. The number of carboxylic acid groups (broad SMARTS) is 1. The van der Waals surface area contributed by atoms with Crippen LogP contribution in [0.3, 0.4) is 0 Å². The van der Waals surface area contributed by atoms with Crippen LogP contribution in [-0.2, 0) is 4.79 Å². The zero-order valence-electron chi connectivity index (χ0n) is 9.65. The van der Waals surface area contributed by atoms with Crippen LogP contribution in [0.15, 0.2) is 30.3 Å². The molecule has 0 saturated heterocycles. The van der Waals surface area contributed by atoms with Gasteiger partial charge in [0.2, 0.25) is 0 Å². The van der Waals surface area contributed by atoms with Gasteiger partial charge in [-0.1, -0.05) is 0 Å². The van der Waals surface area contributed by atoms with Crippen molar-refractivity contribution in [3.8, 4) is 0 Å². The van der Waals surface area contributed by atoms with E-state index in [0.29, 0.717) is 18.5 Å². The molecule has 0 aliphatic heterocycles. The van der Waals surface area contributed by atoms with Gasteiger partial charge in [0.15, 0.2) is 0 Å². The molecule has 0 aliphatic rings. The Hall–Kier alpha value is -1.65. The first-order chi connectivity index (χ1) is 8.57. The van der Waals surface area contributed by atoms with Gasteiger partial charge < -0.3 is 0 Å². The second kappa shape index (κ2) is 6.93. The summed E-state index contributed by atoms with van der Waals surface area (Å²) in [5.74, 6) is -1.07. The molecular formula is C12H14N2O3Se. The third-order valence-corrected chi connectivity index (χ3v) is 2.92. The topological polar surface area (TPSA) is 83.6 Å². The predicted octanol–water partition coefficient (Wildman–Crippen LogP) is 0.776. The van der Waals surface area contributed by atoms with Crippen LogP contribution in [0.2, 0.25) is 0 Å². The van der Waals surface area contributed by atoms with Gasteiger partial charge in [0.05, 0.1) is 0 Å². The summed E-state index contributed by atoms with van der Waals surface area (Å²) in [6.45, 7) is 0. The van der Waals surface area contributed by atoms with E-state index in [9.17, 15) is 14.7 Å². The van der Waals surface area contributed by atoms with Crippen LogP contribution in [0.25, 0.3) is 0 Å². The Labute approximate surface area is 113 Å². The third kappa shape index (κ3) is 3.68. The fourth-order valence-electron chi connectivity index (χ4n) is 1.64. The van der Waals surface area contributed by atoms with Crippen molar-refractivity contribution in [3.05, 3.63) is 30.3 Å². The van der Waals surface area contributed by atoms with E-state index in [4.69, 9.17) is 5.73 Å². The standard InChI is InChI=1S/C12H14N2O3Se/c13-12(17)14(9-5-2-1-3-6-9)10(11(15)16)7-4-8-18/h1-3,5-6,8,10H,4,7H2,(H2,13,17)(H,15,16). The number of nitrogens with zero attached hydrogens (tertiary/aromatic N) is 1. The summed E-state index contributed by atoms with van der Waals surface area (Å²) in [5, 5.41) is 9.21. The van der Waals surface area contributed by atoms with Crippen molar-refractivity contribution in [1.82, 2.24) is 0 Å². The first-order valence-electron chi connectivity index (χ1n) is 5.38. The minimum absolute atomic E-state index is 0.306. The van der Waals surface area contributed by atoms with Crippen LogP contribution >= 0.6 is 0 Å². The Kier molecular flexibility index (Phi) is 5.55. The molecule has 1 aromatic rings. The number of nitrogens with two attached hydrogens (primary N) is 1. The molecule has 18 heavy (non-hydrogen) atoms. The Balaban J connectivity index is 3.05. The number of primary amides is 1. The van der Waals surface area contributed by atoms with Gasteiger partial charge in [-0.2, -0.15) is 0 Å². The van der Waals surface area contributed by atoms with E-state index < -0.39 is 18.0 Å². The molecule has 0 bridgehead atoms. The van der Waals surface area contributed by atoms with Gasteiger partial charge in [-0.3, -0.25) is 0 Å². The van der Waals surface area contributed by atoms with Crippen LogP contribution in [0.1, 0.15) is 12.8 Å². The number of rotatable bonds is 6. The molecule has 0 fully saturated rings. The zero-order chi connectivity index (χ0) is 13.5. The Morgan fingerprint density at radius 2 is 2.00 bits per heavy atom. The summed E-state index contributed by atoms with van der Waals surface area (Å²) in [7, 11) is 0. The molecule has 1 unspecified atom stereocenters. The van der Waals surface area contributed by atoms with Gasteiger partial charge >= 0.3 is 113 Å². The zero-order valence-corrected chi connectivity index (χ0v) is 11.4. The second-order valence-corrected chi connectivity index (χ2v) is 4.34. The second-order valence-electron chi connectivity index (χ2n) is 3.64. The van der Waals surface area contributed by atoms with E-state index in [0.717, 1.165) is 4.90 Å². The van der Waals surface area contributed by atoms with Crippen LogP contribution in [-0.4, -0.2) is 43.6 Å². The number of carbonyl (C=O) groups excluding carboxylic acids is 1. The molecule has 0 aliphatic carbocycles. The normalized spacial score (nSPS) is 11.6. The number of urea groups is 1. The number of carbonyl (C=O) groups is 2. The van der Waals surface area contributed by atoms with Gasteiger partial charge in [0, 0.05) is 0 Å². The van der Waals surface area contributed by atoms with E-state index in [2.05, 4.69) is 15.6 Å². The minimum atomic E-state index is -1.07. The summed E-state index contributed by atoms with van der Waals surface area (Å²) in [5.41, 5.74) is 5.77. The van der Waals surface area contributed by atoms with Crippen LogP contribution in [0, 0.1) is 0 Å². The maximum absolute atomic E-state index is 11.5. The van der Waals surface area contributed by atoms with E-state index in [-0.39, 0.29) is 0 Å². The quantitative estimate of drug-likeness (QED) is 0.761. The fraction of sp³-hybridized carbons (Fsp3) is 0.250. The molecule has 96 valence electrons. The molecule has 6 heteroatoms. The van der Waals surface area contributed by atoms with Crippen molar-refractivity contribution in [2.45, 2.75) is 18.9 Å². The number of carboxylic acids is 1. The van der Waals surface area contributed by atoms with Gasteiger partial charge in [0.1, 0.15) is 0 Å². The summed E-state index contributed by atoms with van der Waals surface area (Å²) in [6.07, 6.45) is 0.855.